The third-order valence-electron chi connectivity index (χ3n) is 5.22. The van der Waals surface area contributed by atoms with Crippen LogP contribution in [0, 0.1) is 23.0 Å². The smallest absolute Gasteiger partial charge is 0.284 e. The van der Waals surface area contributed by atoms with Crippen molar-refractivity contribution in [1.29, 1.82) is 0 Å². The molecule has 1 atom stereocenters. The fourth-order valence-corrected chi connectivity index (χ4v) is 4.32. The SMILES string of the molecule is Cc1ccc(Sc2ccc(C(=O)N3CCC(C(C)N)CC3)cc2[N+](=O)[O-])cc1.Cl. The second kappa shape index (κ2) is 10.1. The normalized spacial score (nSPS) is 15.5. The first kappa shape index (κ1) is 23.2. The Morgan fingerprint density at radius 1 is 1.21 bits per heavy atom. The summed E-state index contributed by atoms with van der Waals surface area (Å²) in [6, 6.07) is 12.7. The molecule has 156 valence electrons. The van der Waals surface area contributed by atoms with Gasteiger partial charge in [0.25, 0.3) is 11.6 Å². The Labute approximate surface area is 181 Å². The molecule has 8 heteroatoms. The highest BCUT2D eigenvalue weighted by Gasteiger charge is 2.27. The van der Waals surface area contributed by atoms with E-state index in [0.717, 1.165) is 23.3 Å². The Morgan fingerprint density at radius 2 is 1.83 bits per heavy atom. The number of halogens is 1. The van der Waals surface area contributed by atoms with Gasteiger partial charge in [0.2, 0.25) is 0 Å². The van der Waals surface area contributed by atoms with Crippen molar-refractivity contribution in [3.05, 3.63) is 63.7 Å². The average molecular weight is 436 g/mol. The Balaban J connectivity index is 0.00000300. The number of rotatable bonds is 5. The molecule has 1 aliphatic rings. The highest BCUT2D eigenvalue weighted by Crippen LogP contribution is 2.36. The van der Waals surface area contributed by atoms with Crippen molar-refractivity contribution < 1.29 is 9.72 Å². The first-order chi connectivity index (χ1) is 13.3. The van der Waals surface area contributed by atoms with Gasteiger partial charge >= 0.3 is 0 Å². The van der Waals surface area contributed by atoms with Gasteiger partial charge in [-0.15, -0.1) is 12.4 Å². The lowest BCUT2D eigenvalue weighted by atomic mass is 9.90. The topological polar surface area (TPSA) is 89.5 Å². The molecule has 1 unspecified atom stereocenters. The van der Waals surface area contributed by atoms with E-state index in [9.17, 15) is 14.9 Å². The van der Waals surface area contributed by atoms with Crippen molar-refractivity contribution in [2.24, 2.45) is 11.7 Å². The van der Waals surface area contributed by atoms with Crippen molar-refractivity contribution in [2.75, 3.05) is 13.1 Å². The molecule has 0 aromatic heterocycles. The number of hydrogen-bond acceptors (Lipinski definition) is 5. The van der Waals surface area contributed by atoms with Crippen LogP contribution in [0.3, 0.4) is 0 Å². The highest BCUT2D eigenvalue weighted by atomic mass is 35.5. The van der Waals surface area contributed by atoms with Crippen LogP contribution in [0.5, 0.6) is 0 Å². The van der Waals surface area contributed by atoms with Gasteiger partial charge in [0.15, 0.2) is 0 Å². The van der Waals surface area contributed by atoms with Gasteiger partial charge in [-0.3, -0.25) is 14.9 Å². The lowest BCUT2D eigenvalue weighted by Crippen LogP contribution is -2.42. The summed E-state index contributed by atoms with van der Waals surface area (Å²) in [5, 5.41) is 11.6. The number of nitrogens with zero attached hydrogens (tertiary/aromatic N) is 2. The first-order valence-corrected chi connectivity index (χ1v) is 10.2. The predicted octanol–water partition coefficient (Wildman–Crippen LogP) is 4.68. The van der Waals surface area contributed by atoms with E-state index in [4.69, 9.17) is 5.73 Å². The molecule has 1 aliphatic heterocycles. The van der Waals surface area contributed by atoms with Crippen molar-refractivity contribution in [1.82, 2.24) is 4.90 Å². The van der Waals surface area contributed by atoms with Crippen LogP contribution in [0.15, 0.2) is 52.3 Å². The van der Waals surface area contributed by atoms with Crippen molar-refractivity contribution in [3.8, 4) is 0 Å². The van der Waals surface area contributed by atoms with Gasteiger partial charge < -0.3 is 10.6 Å². The van der Waals surface area contributed by atoms with Crippen molar-refractivity contribution >= 4 is 35.8 Å². The quantitative estimate of drug-likeness (QED) is 0.544. The van der Waals surface area contributed by atoms with Crippen LogP contribution in [0.4, 0.5) is 5.69 Å². The minimum Gasteiger partial charge on any atom is -0.339 e. The average Bonchev–Trinajstić information content (AvgIpc) is 2.69. The molecule has 1 amide bonds. The number of carbonyl (C=O) groups excluding carboxylic acids is 1. The summed E-state index contributed by atoms with van der Waals surface area (Å²) in [6.07, 6.45) is 1.74. The second-order valence-electron chi connectivity index (χ2n) is 7.34. The number of piperidine rings is 1. The fraction of sp³-hybridized carbons (Fsp3) is 0.381. The number of amides is 1. The van der Waals surface area contributed by atoms with Gasteiger partial charge in [-0.2, -0.15) is 0 Å². The van der Waals surface area contributed by atoms with E-state index in [-0.39, 0.29) is 30.0 Å². The lowest BCUT2D eigenvalue weighted by molar-refractivity contribution is -0.387. The van der Waals surface area contributed by atoms with Crippen LogP contribution in [0.1, 0.15) is 35.7 Å². The summed E-state index contributed by atoms with van der Waals surface area (Å²) >= 11 is 1.33. The van der Waals surface area contributed by atoms with Gasteiger partial charge in [0.05, 0.1) is 9.82 Å². The van der Waals surface area contributed by atoms with E-state index in [0.29, 0.717) is 29.5 Å². The van der Waals surface area contributed by atoms with Crippen LogP contribution >= 0.6 is 24.2 Å². The van der Waals surface area contributed by atoms with E-state index in [2.05, 4.69) is 0 Å². The van der Waals surface area contributed by atoms with Crippen LogP contribution in [0.2, 0.25) is 0 Å². The van der Waals surface area contributed by atoms with Gasteiger partial charge in [-0.25, -0.2) is 0 Å². The molecule has 0 aliphatic carbocycles. The van der Waals surface area contributed by atoms with Gasteiger partial charge in [0.1, 0.15) is 0 Å². The third-order valence-corrected chi connectivity index (χ3v) is 6.29. The van der Waals surface area contributed by atoms with Gasteiger partial charge in [-0.1, -0.05) is 29.5 Å². The number of aryl methyl sites for hydroxylation is 1. The standard InChI is InChI=1S/C21H25N3O3S.ClH/c1-14-3-6-18(7-4-14)28-20-8-5-17(13-19(20)24(26)27)21(25)23-11-9-16(10-12-23)15(2)22;/h3-8,13,15-16H,9-12,22H2,1-2H3;1H. The Kier molecular flexibility index (Phi) is 8.07. The molecule has 0 saturated carbocycles. The van der Waals surface area contributed by atoms with E-state index in [1.165, 1.54) is 17.8 Å². The minimum absolute atomic E-state index is 0. The molecule has 2 aromatic rings. The maximum absolute atomic E-state index is 12.8. The van der Waals surface area contributed by atoms with Crippen LogP contribution in [-0.4, -0.2) is 34.9 Å². The van der Waals surface area contributed by atoms with E-state index in [1.807, 2.05) is 38.1 Å². The van der Waals surface area contributed by atoms with Crippen LogP contribution in [-0.2, 0) is 0 Å². The Bertz CT molecular complexity index is 866. The summed E-state index contributed by atoms with van der Waals surface area (Å²) < 4.78 is 0. The fourth-order valence-electron chi connectivity index (χ4n) is 3.42. The van der Waals surface area contributed by atoms with E-state index < -0.39 is 4.92 Å². The summed E-state index contributed by atoms with van der Waals surface area (Å²) in [4.78, 5) is 27.2. The number of nitro benzene ring substituents is 1. The van der Waals surface area contributed by atoms with Gasteiger partial charge in [0, 0.05) is 35.7 Å². The minimum atomic E-state index is -0.421. The van der Waals surface area contributed by atoms with Crippen molar-refractivity contribution in [3.63, 3.8) is 0 Å². The number of carbonyl (C=O) groups is 1. The number of benzene rings is 2. The Morgan fingerprint density at radius 3 is 2.38 bits per heavy atom. The zero-order valence-corrected chi connectivity index (χ0v) is 18.2. The van der Waals surface area contributed by atoms with E-state index >= 15 is 0 Å². The van der Waals surface area contributed by atoms with E-state index in [1.54, 1.807) is 17.0 Å². The molecule has 1 heterocycles. The molecular weight excluding hydrogens is 410 g/mol. The predicted molar refractivity (Wildman–Crippen MR) is 118 cm³/mol. The molecule has 3 rings (SSSR count). The maximum Gasteiger partial charge on any atom is 0.284 e. The Hall–Kier alpha value is -2.09. The third kappa shape index (κ3) is 5.72. The molecule has 1 fully saturated rings. The molecule has 0 spiro atoms. The molecule has 6 nitrogen and oxygen atoms in total. The molecular formula is C21H26ClN3O3S. The van der Waals surface area contributed by atoms with Crippen LogP contribution < -0.4 is 5.73 Å². The number of nitrogens with two attached hydrogens (primary N) is 1. The number of hydrogen-bond donors (Lipinski definition) is 1. The summed E-state index contributed by atoms with van der Waals surface area (Å²) in [5.41, 5.74) is 7.41. The molecule has 2 N–H and O–H groups in total. The largest absolute Gasteiger partial charge is 0.339 e. The molecule has 29 heavy (non-hydrogen) atoms. The highest BCUT2D eigenvalue weighted by molar-refractivity contribution is 7.99. The lowest BCUT2D eigenvalue weighted by Gasteiger charge is -2.33. The molecule has 0 radical (unpaired) electrons. The first-order valence-electron chi connectivity index (χ1n) is 9.43. The van der Waals surface area contributed by atoms with Crippen molar-refractivity contribution in [2.45, 2.75) is 42.5 Å². The number of nitro groups is 1. The summed E-state index contributed by atoms with van der Waals surface area (Å²) in [5.74, 6) is 0.268. The maximum atomic E-state index is 12.8. The zero-order valence-electron chi connectivity index (χ0n) is 16.5. The second-order valence-corrected chi connectivity index (χ2v) is 8.46. The molecule has 1 saturated heterocycles. The van der Waals surface area contributed by atoms with Gasteiger partial charge in [-0.05, 0) is 56.9 Å². The zero-order chi connectivity index (χ0) is 20.3. The number of likely N-dealkylation sites (tertiary alicyclic amines) is 1. The summed E-state index contributed by atoms with van der Waals surface area (Å²) in [6.45, 7) is 5.27. The molecule has 0 bridgehead atoms. The molecule has 2 aromatic carbocycles. The monoisotopic (exact) mass is 435 g/mol. The van der Waals surface area contributed by atoms with Crippen LogP contribution in [0.25, 0.3) is 0 Å². The summed E-state index contributed by atoms with van der Waals surface area (Å²) in [7, 11) is 0.